The van der Waals surface area contributed by atoms with Crippen molar-refractivity contribution in [2.24, 2.45) is 0 Å². The number of rotatable bonds is 3. The molecule has 1 aliphatic rings. The van der Waals surface area contributed by atoms with Gasteiger partial charge in [-0.3, -0.25) is 0 Å². The molecule has 0 bridgehead atoms. The zero-order valence-electron chi connectivity index (χ0n) is 10.5. The van der Waals surface area contributed by atoms with Gasteiger partial charge in [-0.2, -0.15) is 0 Å². The molecule has 0 unspecified atom stereocenters. The lowest BCUT2D eigenvalue weighted by atomic mass is 9.71. The molecule has 0 atom stereocenters. The van der Waals surface area contributed by atoms with Crippen LogP contribution in [0.1, 0.15) is 11.1 Å². The van der Waals surface area contributed by atoms with Gasteiger partial charge in [-0.15, -0.1) is 0 Å². The van der Waals surface area contributed by atoms with Crippen LogP contribution < -0.4 is 5.32 Å². The summed E-state index contributed by atoms with van der Waals surface area (Å²) < 4.78 is 1.18. The molecule has 0 aromatic heterocycles. The van der Waals surface area contributed by atoms with Crippen molar-refractivity contribution < 1.29 is 0 Å². The van der Waals surface area contributed by atoms with Gasteiger partial charge < -0.3 is 5.32 Å². The summed E-state index contributed by atoms with van der Waals surface area (Å²) in [6.45, 7) is 2.00. The van der Waals surface area contributed by atoms with Gasteiger partial charge in [0.2, 0.25) is 0 Å². The summed E-state index contributed by atoms with van der Waals surface area (Å²) in [6, 6.07) is 16.6. The largest absolute Gasteiger partial charge is 0.315 e. The molecule has 2 aromatic carbocycles. The fourth-order valence-electron chi connectivity index (χ4n) is 2.74. The number of nitrogens with one attached hydrogen (secondary N) is 1. The minimum atomic E-state index is 0.158. The molecule has 3 heteroatoms. The third kappa shape index (κ3) is 2.45. The van der Waals surface area contributed by atoms with Crippen molar-refractivity contribution >= 4 is 27.5 Å². The molecule has 1 fully saturated rings. The first kappa shape index (κ1) is 13.2. The summed E-state index contributed by atoms with van der Waals surface area (Å²) in [6.07, 6.45) is 0.974. The predicted octanol–water partition coefficient (Wildman–Crippen LogP) is 4.19. The minimum absolute atomic E-state index is 0.158. The molecule has 2 aromatic rings. The van der Waals surface area contributed by atoms with Crippen LogP contribution in [0.15, 0.2) is 53.0 Å². The fourth-order valence-corrected chi connectivity index (χ4v) is 3.64. The van der Waals surface area contributed by atoms with Gasteiger partial charge in [-0.25, -0.2) is 0 Å². The van der Waals surface area contributed by atoms with Crippen LogP contribution in [0, 0.1) is 0 Å². The molecule has 3 rings (SSSR count). The molecule has 0 amide bonds. The Bertz CT molecular complexity index is 593. The van der Waals surface area contributed by atoms with Crippen molar-refractivity contribution in [3.63, 3.8) is 0 Å². The van der Waals surface area contributed by atoms with Crippen molar-refractivity contribution in [3.05, 3.63) is 69.2 Å². The first-order chi connectivity index (χ1) is 9.21. The quantitative estimate of drug-likeness (QED) is 0.886. The van der Waals surface area contributed by atoms with Crippen LogP contribution in [0.5, 0.6) is 0 Å². The molecule has 1 aliphatic heterocycles. The Kier molecular flexibility index (Phi) is 3.66. The average Bonchev–Trinajstić information content (AvgIpc) is 2.37. The normalized spacial score (nSPS) is 16.9. The number of hydrogen-bond donors (Lipinski definition) is 1. The van der Waals surface area contributed by atoms with Crippen LogP contribution in [0.4, 0.5) is 0 Å². The molecule has 0 radical (unpaired) electrons. The molecular formula is C16H15BrClN. The highest BCUT2D eigenvalue weighted by molar-refractivity contribution is 9.10. The van der Waals surface area contributed by atoms with E-state index in [-0.39, 0.29) is 5.41 Å². The summed E-state index contributed by atoms with van der Waals surface area (Å²) in [7, 11) is 0. The molecular weight excluding hydrogens is 322 g/mol. The van der Waals surface area contributed by atoms with E-state index in [1.54, 1.807) is 0 Å². The van der Waals surface area contributed by atoms with Crippen molar-refractivity contribution in [2.45, 2.75) is 11.8 Å². The zero-order chi connectivity index (χ0) is 13.3. The maximum Gasteiger partial charge on any atom is 0.0438 e. The molecule has 1 saturated heterocycles. The lowest BCUT2D eigenvalue weighted by molar-refractivity contribution is 0.273. The van der Waals surface area contributed by atoms with Crippen LogP contribution in [-0.4, -0.2) is 13.1 Å². The standard InChI is InChI=1S/C16H15BrClN/c17-14-7-3-2-6-13(14)16(10-19-11-16)9-12-5-1-4-8-15(12)18/h1-8,19H,9-11H2. The number of benzene rings is 2. The van der Waals surface area contributed by atoms with Crippen molar-refractivity contribution in [3.8, 4) is 0 Å². The van der Waals surface area contributed by atoms with E-state index >= 15 is 0 Å². The average molecular weight is 337 g/mol. The summed E-state index contributed by atoms with van der Waals surface area (Å²) in [5.41, 5.74) is 2.75. The molecule has 19 heavy (non-hydrogen) atoms. The summed E-state index contributed by atoms with van der Waals surface area (Å²) in [4.78, 5) is 0. The van der Waals surface area contributed by atoms with E-state index in [1.165, 1.54) is 15.6 Å². The lowest BCUT2D eigenvalue weighted by Crippen LogP contribution is -2.58. The highest BCUT2D eigenvalue weighted by Gasteiger charge is 2.40. The van der Waals surface area contributed by atoms with Crippen molar-refractivity contribution in [1.29, 1.82) is 0 Å². The van der Waals surface area contributed by atoms with Crippen LogP contribution in [0.2, 0.25) is 5.02 Å². The van der Waals surface area contributed by atoms with Gasteiger partial charge in [0.15, 0.2) is 0 Å². The Hall–Kier alpha value is -0.830. The van der Waals surface area contributed by atoms with E-state index in [0.717, 1.165) is 24.5 Å². The van der Waals surface area contributed by atoms with E-state index in [2.05, 4.69) is 57.6 Å². The smallest absolute Gasteiger partial charge is 0.0438 e. The van der Waals surface area contributed by atoms with Gasteiger partial charge in [-0.05, 0) is 29.7 Å². The van der Waals surface area contributed by atoms with Crippen LogP contribution in [0.3, 0.4) is 0 Å². The topological polar surface area (TPSA) is 12.0 Å². The van der Waals surface area contributed by atoms with Gasteiger partial charge in [0.05, 0.1) is 0 Å². The van der Waals surface area contributed by atoms with E-state index in [1.807, 2.05) is 12.1 Å². The second kappa shape index (κ2) is 5.28. The summed E-state index contributed by atoms with van der Waals surface area (Å²) >= 11 is 9.98. The Morgan fingerprint density at radius 2 is 1.74 bits per heavy atom. The summed E-state index contributed by atoms with van der Waals surface area (Å²) in [5.74, 6) is 0. The Balaban J connectivity index is 1.97. The lowest BCUT2D eigenvalue weighted by Gasteiger charge is -2.44. The van der Waals surface area contributed by atoms with Gasteiger partial charge >= 0.3 is 0 Å². The highest BCUT2D eigenvalue weighted by atomic mass is 79.9. The van der Waals surface area contributed by atoms with Gasteiger partial charge in [0, 0.05) is 28.0 Å². The van der Waals surface area contributed by atoms with Crippen LogP contribution in [0.25, 0.3) is 0 Å². The molecule has 1 N–H and O–H groups in total. The van der Waals surface area contributed by atoms with Crippen LogP contribution >= 0.6 is 27.5 Å². The summed E-state index contributed by atoms with van der Waals surface area (Å²) in [5, 5.41) is 4.27. The molecule has 0 spiro atoms. The van der Waals surface area contributed by atoms with Gasteiger partial charge in [0.25, 0.3) is 0 Å². The number of hydrogen-bond acceptors (Lipinski definition) is 1. The third-order valence-electron chi connectivity index (χ3n) is 3.86. The molecule has 0 saturated carbocycles. The number of halogens is 2. The monoisotopic (exact) mass is 335 g/mol. The molecule has 1 heterocycles. The predicted molar refractivity (Wildman–Crippen MR) is 83.8 cm³/mol. The highest BCUT2D eigenvalue weighted by Crippen LogP contribution is 2.37. The maximum atomic E-state index is 6.31. The van der Waals surface area contributed by atoms with E-state index < -0.39 is 0 Å². The Morgan fingerprint density at radius 3 is 2.37 bits per heavy atom. The SMILES string of the molecule is Clc1ccccc1CC1(c2ccccc2Br)CNC1. The fraction of sp³-hybridized carbons (Fsp3) is 0.250. The second-order valence-corrected chi connectivity index (χ2v) is 6.39. The van der Waals surface area contributed by atoms with Gasteiger partial charge in [0.1, 0.15) is 0 Å². The molecule has 1 nitrogen and oxygen atoms in total. The van der Waals surface area contributed by atoms with E-state index in [4.69, 9.17) is 11.6 Å². The first-order valence-corrected chi connectivity index (χ1v) is 7.57. The van der Waals surface area contributed by atoms with E-state index in [9.17, 15) is 0 Å². The zero-order valence-corrected chi connectivity index (χ0v) is 12.8. The van der Waals surface area contributed by atoms with Crippen molar-refractivity contribution in [2.75, 3.05) is 13.1 Å². The minimum Gasteiger partial charge on any atom is -0.315 e. The van der Waals surface area contributed by atoms with Gasteiger partial charge in [-0.1, -0.05) is 63.9 Å². The first-order valence-electron chi connectivity index (χ1n) is 6.40. The van der Waals surface area contributed by atoms with E-state index in [0.29, 0.717) is 0 Å². The maximum absolute atomic E-state index is 6.31. The second-order valence-electron chi connectivity index (χ2n) is 5.13. The molecule has 98 valence electrons. The van der Waals surface area contributed by atoms with Crippen molar-refractivity contribution in [1.82, 2.24) is 5.32 Å². The Morgan fingerprint density at radius 1 is 1.05 bits per heavy atom. The Labute approximate surface area is 127 Å². The third-order valence-corrected chi connectivity index (χ3v) is 4.92. The van der Waals surface area contributed by atoms with Crippen LogP contribution in [-0.2, 0) is 11.8 Å². The molecule has 0 aliphatic carbocycles.